The number of aliphatic hydroxyl groups is 1. The molecular weight excluding hydrogens is 164 g/mol. The molecule has 1 aliphatic heterocycles. The number of nitrogens with zero attached hydrogens (tertiary/aromatic N) is 1. The maximum absolute atomic E-state index is 9.10. The Morgan fingerprint density at radius 1 is 1.31 bits per heavy atom. The Kier molecular flexibility index (Phi) is 5.35. The zero-order valence-electron chi connectivity index (χ0n) is 8.63. The van der Waals surface area contributed by atoms with Crippen molar-refractivity contribution in [3.63, 3.8) is 0 Å². The van der Waals surface area contributed by atoms with Crippen LogP contribution in [0.3, 0.4) is 0 Å². The number of aliphatic hydroxyl groups excluding tert-OH is 1. The molecule has 0 aromatic heterocycles. The first-order valence-electron chi connectivity index (χ1n) is 5.43. The van der Waals surface area contributed by atoms with Crippen molar-refractivity contribution in [1.29, 1.82) is 0 Å². The molecule has 1 saturated heterocycles. The summed E-state index contributed by atoms with van der Waals surface area (Å²) >= 11 is 0. The molecule has 13 heavy (non-hydrogen) atoms. The molecular formula is C10H22N2O. The van der Waals surface area contributed by atoms with E-state index in [1.165, 1.54) is 32.4 Å². The fraction of sp³-hybridized carbons (Fsp3) is 1.00. The van der Waals surface area contributed by atoms with Gasteiger partial charge in [-0.05, 0) is 32.5 Å². The van der Waals surface area contributed by atoms with E-state index in [0.29, 0.717) is 0 Å². The molecule has 0 aromatic carbocycles. The molecule has 0 amide bonds. The summed E-state index contributed by atoms with van der Waals surface area (Å²) in [5.74, 6) is 0. The third kappa shape index (κ3) is 4.07. The van der Waals surface area contributed by atoms with E-state index in [2.05, 4.69) is 17.1 Å². The van der Waals surface area contributed by atoms with E-state index >= 15 is 0 Å². The highest BCUT2D eigenvalue weighted by atomic mass is 16.3. The van der Waals surface area contributed by atoms with E-state index in [9.17, 15) is 0 Å². The van der Waals surface area contributed by atoms with Gasteiger partial charge in [0, 0.05) is 12.6 Å². The van der Waals surface area contributed by atoms with Gasteiger partial charge in [-0.15, -0.1) is 0 Å². The highest BCUT2D eigenvalue weighted by Gasteiger charge is 2.14. The molecule has 0 aliphatic carbocycles. The van der Waals surface area contributed by atoms with Crippen molar-refractivity contribution >= 4 is 0 Å². The summed E-state index contributed by atoms with van der Waals surface area (Å²) in [7, 11) is 0. The predicted octanol–water partition coefficient (Wildman–Crippen LogP) is 0.443. The Hall–Kier alpha value is -0.120. The third-order valence-corrected chi connectivity index (χ3v) is 2.64. The molecule has 1 rings (SSSR count). The minimum atomic E-state index is 0.254. The molecule has 0 radical (unpaired) electrons. The number of hydrogen-bond acceptors (Lipinski definition) is 3. The van der Waals surface area contributed by atoms with Crippen LogP contribution in [0.5, 0.6) is 0 Å². The third-order valence-electron chi connectivity index (χ3n) is 2.64. The van der Waals surface area contributed by atoms with E-state index in [0.717, 1.165) is 13.1 Å². The second-order valence-corrected chi connectivity index (χ2v) is 3.80. The van der Waals surface area contributed by atoms with Crippen LogP contribution in [0, 0.1) is 0 Å². The van der Waals surface area contributed by atoms with Gasteiger partial charge in [0.15, 0.2) is 0 Å². The van der Waals surface area contributed by atoms with E-state index < -0.39 is 0 Å². The summed E-state index contributed by atoms with van der Waals surface area (Å²) in [6.07, 6.45) is 4.02. The fourth-order valence-corrected chi connectivity index (χ4v) is 1.93. The van der Waals surface area contributed by atoms with Gasteiger partial charge < -0.3 is 15.3 Å². The van der Waals surface area contributed by atoms with E-state index in [1.807, 2.05) is 0 Å². The number of likely N-dealkylation sites (N-methyl/N-ethyl adjacent to an activating group) is 1. The summed E-state index contributed by atoms with van der Waals surface area (Å²) in [5, 5.41) is 12.4. The van der Waals surface area contributed by atoms with Crippen LogP contribution in [0.1, 0.15) is 26.2 Å². The van der Waals surface area contributed by atoms with Crippen LogP contribution in [-0.2, 0) is 0 Å². The summed E-state index contributed by atoms with van der Waals surface area (Å²) in [4.78, 5) is 2.45. The van der Waals surface area contributed by atoms with Crippen LogP contribution in [0.25, 0.3) is 0 Å². The molecule has 1 heterocycles. The first-order chi connectivity index (χ1) is 6.36. The lowest BCUT2D eigenvalue weighted by atomic mass is 10.1. The van der Waals surface area contributed by atoms with Gasteiger partial charge in [-0.1, -0.05) is 13.3 Å². The maximum atomic E-state index is 9.10. The van der Waals surface area contributed by atoms with Crippen LogP contribution in [0.2, 0.25) is 0 Å². The number of likely N-dealkylation sites (tertiary alicyclic amines) is 1. The molecule has 0 bridgehead atoms. The first-order valence-corrected chi connectivity index (χ1v) is 5.43. The normalized spacial score (nSPS) is 21.7. The van der Waals surface area contributed by atoms with Gasteiger partial charge in [-0.3, -0.25) is 0 Å². The van der Waals surface area contributed by atoms with Gasteiger partial charge in [0.2, 0.25) is 0 Å². The Morgan fingerprint density at radius 3 is 2.54 bits per heavy atom. The highest BCUT2D eigenvalue weighted by molar-refractivity contribution is 4.73. The minimum Gasteiger partial charge on any atom is -0.395 e. The van der Waals surface area contributed by atoms with Gasteiger partial charge in [-0.2, -0.15) is 0 Å². The Bertz CT molecular complexity index is 121. The lowest BCUT2D eigenvalue weighted by Gasteiger charge is -2.29. The van der Waals surface area contributed by atoms with E-state index in [4.69, 9.17) is 5.11 Å². The van der Waals surface area contributed by atoms with Crippen LogP contribution in [0.4, 0.5) is 0 Å². The monoisotopic (exact) mass is 186 g/mol. The molecule has 0 saturated carbocycles. The van der Waals surface area contributed by atoms with Crippen molar-refractivity contribution in [2.45, 2.75) is 32.2 Å². The number of piperidine rings is 1. The van der Waals surface area contributed by atoms with Crippen LogP contribution in [-0.4, -0.2) is 48.8 Å². The number of nitrogens with one attached hydrogen (secondary N) is 1. The van der Waals surface area contributed by atoms with E-state index in [-0.39, 0.29) is 12.6 Å². The second-order valence-electron chi connectivity index (χ2n) is 3.80. The molecule has 78 valence electrons. The van der Waals surface area contributed by atoms with Crippen LogP contribution < -0.4 is 5.32 Å². The van der Waals surface area contributed by atoms with Gasteiger partial charge in [0.05, 0.1) is 6.61 Å². The molecule has 2 N–H and O–H groups in total. The second kappa shape index (κ2) is 6.35. The van der Waals surface area contributed by atoms with Crippen molar-refractivity contribution in [3.05, 3.63) is 0 Å². The molecule has 3 heteroatoms. The zero-order valence-corrected chi connectivity index (χ0v) is 8.63. The lowest BCUT2D eigenvalue weighted by molar-refractivity contribution is 0.164. The summed E-state index contributed by atoms with van der Waals surface area (Å²) in [6.45, 7) is 6.70. The summed E-state index contributed by atoms with van der Waals surface area (Å²) in [6, 6.07) is 0.267. The SMILES string of the molecule is CCNC(CO)CN1CCCCC1. The molecule has 1 unspecified atom stereocenters. The standard InChI is InChI=1S/C10H22N2O/c1-2-11-10(9-13)8-12-6-4-3-5-7-12/h10-11,13H,2-9H2,1H3. The van der Waals surface area contributed by atoms with Crippen molar-refractivity contribution < 1.29 is 5.11 Å². The lowest BCUT2D eigenvalue weighted by Crippen LogP contribution is -2.44. The first kappa shape index (κ1) is 11.0. The van der Waals surface area contributed by atoms with Crippen molar-refractivity contribution in [2.24, 2.45) is 0 Å². The quantitative estimate of drug-likeness (QED) is 0.654. The number of hydrogen-bond donors (Lipinski definition) is 2. The summed E-state index contributed by atoms with van der Waals surface area (Å²) < 4.78 is 0. The molecule has 3 nitrogen and oxygen atoms in total. The van der Waals surface area contributed by atoms with E-state index in [1.54, 1.807) is 0 Å². The van der Waals surface area contributed by atoms with Crippen molar-refractivity contribution in [1.82, 2.24) is 10.2 Å². The van der Waals surface area contributed by atoms with Crippen LogP contribution in [0.15, 0.2) is 0 Å². The van der Waals surface area contributed by atoms with Gasteiger partial charge >= 0.3 is 0 Å². The predicted molar refractivity (Wildman–Crippen MR) is 54.8 cm³/mol. The maximum Gasteiger partial charge on any atom is 0.0597 e. The Labute approximate surface area is 81.1 Å². The van der Waals surface area contributed by atoms with Gasteiger partial charge in [0.1, 0.15) is 0 Å². The molecule has 0 aromatic rings. The molecule has 1 fully saturated rings. The smallest absolute Gasteiger partial charge is 0.0597 e. The average molecular weight is 186 g/mol. The van der Waals surface area contributed by atoms with Gasteiger partial charge in [0.25, 0.3) is 0 Å². The largest absolute Gasteiger partial charge is 0.395 e. The molecule has 1 aliphatic rings. The topological polar surface area (TPSA) is 35.5 Å². The van der Waals surface area contributed by atoms with Gasteiger partial charge in [-0.25, -0.2) is 0 Å². The molecule has 0 spiro atoms. The summed E-state index contributed by atoms with van der Waals surface area (Å²) in [5.41, 5.74) is 0. The number of rotatable bonds is 5. The highest BCUT2D eigenvalue weighted by Crippen LogP contribution is 2.08. The zero-order chi connectivity index (χ0) is 9.52. The van der Waals surface area contributed by atoms with Crippen molar-refractivity contribution in [3.8, 4) is 0 Å². The fourth-order valence-electron chi connectivity index (χ4n) is 1.93. The molecule has 1 atom stereocenters. The average Bonchev–Trinajstić information content (AvgIpc) is 2.19. The minimum absolute atomic E-state index is 0.254. The Balaban J connectivity index is 2.18. The Morgan fingerprint density at radius 2 is 2.00 bits per heavy atom. The van der Waals surface area contributed by atoms with Crippen LogP contribution >= 0.6 is 0 Å². The van der Waals surface area contributed by atoms with Crippen molar-refractivity contribution in [2.75, 3.05) is 32.8 Å².